The van der Waals surface area contributed by atoms with Crippen LogP contribution in [-0.2, 0) is 6.18 Å². The van der Waals surface area contributed by atoms with Crippen LogP contribution in [0.1, 0.15) is 5.56 Å². The van der Waals surface area contributed by atoms with Crippen LogP contribution in [0.3, 0.4) is 0 Å². The lowest BCUT2D eigenvalue weighted by Crippen LogP contribution is -2.04. The standard InChI is InChI=1S/C15H10F3N5/c16-15(17,18)11-6-8-13(9-7-11)21-23-14(10-19)22-20-12-4-2-1-3-5-12/h1-9,21H. The van der Waals surface area contributed by atoms with Crippen molar-refractivity contribution in [2.45, 2.75) is 6.18 Å². The zero-order valence-corrected chi connectivity index (χ0v) is 11.6. The molecule has 2 aromatic carbocycles. The molecule has 2 rings (SSSR count). The predicted octanol–water partition coefficient (Wildman–Crippen LogP) is 4.74. The SMILES string of the molecule is N#CC(N=Nc1ccccc1)=NNc1ccc(C(F)(F)F)cc1. The minimum Gasteiger partial charge on any atom is -0.276 e. The highest BCUT2D eigenvalue weighted by molar-refractivity contribution is 5.97. The van der Waals surface area contributed by atoms with Crippen LogP contribution in [0.15, 0.2) is 69.9 Å². The smallest absolute Gasteiger partial charge is 0.276 e. The number of hydrogen-bond donors (Lipinski definition) is 1. The van der Waals surface area contributed by atoms with Gasteiger partial charge in [-0.05, 0) is 36.4 Å². The monoisotopic (exact) mass is 317 g/mol. The summed E-state index contributed by atoms with van der Waals surface area (Å²) in [7, 11) is 0. The van der Waals surface area contributed by atoms with Gasteiger partial charge in [-0.15, -0.1) is 15.3 Å². The number of hydrogen-bond acceptors (Lipinski definition) is 4. The largest absolute Gasteiger partial charge is 0.416 e. The summed E-state index contributed by atoms with van der Waals surface area (Å²) in [6.07, 6.45) is -4.40. The van der Waals surface area contributed by atoms with Crippen LogP contribution < -0.4 is 5.43 Å². The summed E-state index contributed by atoms with van der Waals surface area (Å²) in [4.78, 5) is 0. The van der Waals surface area contributed by atoms with E-state index in [0.29, 0.717) is 11.4 Å². The molecular formula is C15H10F3N5. The number of hydrazone groups is 1. The second-order valence-corrected chi connectivity index (χ2v) is 4.27. The van der Waals surface area contributed by atoms with Crippen LogP contribution in [0.4, 0.5) is 24.5 Å². The van der Waals surface area contributed by atoms with Crippen LogP contribution in [-0.4, -0.2) is 5.84 Å². The third kappa shape index (κ3) is 4.93. The minimum absolute atomic E-state index is 0.256. The summed E-state index contributed by atoms with van der Waals surface area (Å²) >= 11 is 0. The molecule has 0 aliphatic rings. The highest BCUT2D eigenvalue weighted by Gasteiger charge is 2.29. The van der Waals surface area contributed by atoms with Crippen LogP contribution in [0.5, 0.6) is 0 Å². The fourth-order valence-electron chi connectivity index (χ4n) is 1.52. The molecule has 23 heavy (non-hydrogen) atoms. The summed E-state index contributed by atoms with van der Waals surface area (Å²) in [5, 5.41) is 20.1. The molecule has 0 saturated carbocycles. The Hall–Kier alpha value is -3.21. The van der Waals surface area contributed by atoms with Crippen LogP contribution in [0.25, 0.3) is 0 Å². The molecule has 0 aliphatic carbocycles. The van der Waals surface area contributed by atoms with Gasteiger partial charge < -0.3 is 0 Å². The van der Waals surface area contributed by atoms with Crippen molar-refractivity contribution < 1.29 is 13.2 Å². The molecule has 0 atom stereocenters. The van der Waals surface area contributed by atoms with Crippen molar-refractivity contribution in [3.05, 3.63) is 60.2 Å². The van der Waals surface area contributed by atoms with E-state index < -0.39 is 11.7 Å². The first-order valence-electron chi connectivity index (χ1n) is 6.37. The Morgan fingerprint density at radius 3 is 2.22 bits per heavy atom. The van der Waals surface area contributed by atoms with Gasteiger partial charge >= 0.3 is 6.18 Å². The molecule has 1 N–H and O–H groups in total. The number of halogens is 3. The van der Waals surface area contributed by atoms with Crippen molar-refractivity contribution in [1.29, 1.82) is 5.26 Å². The number of nitrogens with zero attached hydrogens (tertiary/aromatic N) is 4. The van der Waals surface area contributed by atoms with Gasteiger partial charge in [0.25, 0.3) is 5.84 Å². The van der Waals surface area contributed by atoms with E-state index in [4.69, 9.17) is 5.26 Å². The topological polar surface area (TPSA) is 72.9 Å². The van der Waals surface area contributed by atoms with E-state index in [1.165, 1.54) is 12.1 Å². The molecule has 0 fully saturated rings. The molecule has 0 saturated heterocycles. The van der Waals surface area contributed by atoms with Crippen molar-refractivity contribution in [3.63, 3.8) is 0 Å². The lowest BCUT2D eigenvalue weighted by molar-refractivity contribution is -0.137. The van der Waals surface area contributed by atoms with Gasteiger partial charge in [-0.2, -0.15) is 18.4 Å². The summed E-state index contributed by atoms with van der Waals surface area (Å²) in [6, 6.07) is 14.7. The number of benzene rings is 2. The molecule has 0 aliphatic heterocycles. The number of alkyl halides is 3. The zero-order chi connectivity index (χ0) is 16.7. The van der Waals surface area contributed by atoms with E-state index in [9.17, 15) is 13.2 Å². The first-order valence-corrected chi connectivity index (χ1v) is 6.37. The summed E-state index contributed by atoms with van der Waals surface area (Å²) in [6.45, 7) is 0. The Balaban J connectivity index is 2.05. The van der Waals surface area contributed by atoms with Gasteiger partial charge in [0, 0.05) is 0 Å². The average molecular weight is 317 g/mol. The van der Waals surface area contributed by atoms with Gasteiger partial charge in [-0.25, -0.2) is 0 Å². The predicted molar refractivity (Wildman–Crippen MR) is 79.1 cm³/mol. The number of amidine groups is 1. The first kappa shape index (κ1) is 16.2. The molecule has 116 valence electrons. The molecule has 0 bridgehead atoms. The van der Waals surface area contributed by atoms with Gasteiger partial charge in [0.05, 0.1) is 16.9 Å². The Morgan fingerprint density at radius 2 is 1.65 bits per heavy atom. The third-order valence-corrected chi connectivity index (χ3v) is 2.62. The molecule has 0 aromatic heterocycles. The van der Waals surface area contributed by atoms with Gasteiger partial charge in [0.1, 0.15) is 6.07 Å². The van der Waals surface area contributed by atoms with E-state index in [1.807, 2.05) is 6.07 Å². The number of rotatable bonds is 3. The Labute approximate surface area is 129 Å². The maximum absolute atomic E-state index is 12.4. The second kappa shape index (κ2) is 7.17. The molecule has 2 aromatic rings. The Bertz CT molecular complexity index is 743. The van der Waals surface area contributed by atoms with E-state index in [-0.39, 0.29) is 5.84 Å². The fourth-order valence-corrected chi connectivity index (χ4v) is 1.52. The number of anilines is 1. The van der Waals surface area contributed by atoms with Crippen molar-refractivity contribution in [3.8, 4) is 6.07 Å². The van der Waals surface area contributed by atoms with Crippen LogP contribution in [0.2, 0.25) is 0 Å². The van der Waals surface area contributed by atoms with Crippen molar-refractivity contribution in [1.82, 2.24) is 0 Å². The lowest BCUT2D eigenvalue weighted by atomic mass is 10.2. The maximum Gasteiger partial charge on any atom is 0.416 e. The molecule has 0 radical (unpaired) electrons. The highest BCUT2D eigenvalue weighted by Crippen LogP contribution is 2.29. The van der Waals surface area contributed by atoms with E-state index in [1.54, 1.807) is 30.3 Å². The average Bonchev–Trinajstić information content (AvgIpc) is 2.55. The minimum atomic E-state index is -4.40. The van der Waals surface area contributed by atoms with E-state index in [2.05, 4.69) is 20.8 Å². The zero-order valence-electron chi connectivity index (χ0n) is 11.6. The van der Waals surface area contributed by atoms with Crippen LogP contribution in [0, 0.1) is 11.3 Å². The molecule has 0 spiro atoms. The maximum atomic E-state index is 12.4. The second-order valence-electron chi connectivity index (χ2n) is 4.27. The third-order valence-electron chi connectivity index (χ3n) is 2.62. The highest BCUT2D eigenvalue weighted by atomic mass is 19.4. The number of nitrogens with one attached hydrogen (secondary N) is 1. The quantitative estimate of drug-likeness (QED) is 0.384. The van der Waals surface area contributed by atoms with E-state index >= 15 is 0 Å². The lowest BCUT2D eigenvalue weighted by Gasteiger charge is -2.06. The van der Waals surface area contributed by atoms with Gasteiger partial charge in [-0.1, -0.05) is 18.2 Å². The van der Waals surface area contributed by atoms with Gasteiger partial charge in [0.15, 0.2) is 0 Å². The molecule has 0 heterocycles. The van der Waals surface area contributed by atoms with Crippen LogP contribution >= 0.6 is 0 Å². The summed E-state index contributed by atoms with van der Waals surface area (Å²) in [5.74, 6) is -0.256. The molecular weight excluding hydrogens is 307 g/mol. The molecule has 5 nitrogen and oxygen atoms in total. The molecule has 0 unspecified atom stereocenters. The number of azo groups is 1. The number of nitriles is 1. The first-order chi connectivity index (χ1) is 11.0. The van der Waals surface area contributed by atoms with Crippen molar-refractivity contribution in [2.24, 2.45) is 15.3 Å². The normalized spacial score (nSPS) is 12.2. The Kier molecular flexibility index (Phi) is 5.04. The molecule has 0 amide bonds. The van der Waals surface area contributed by atoms with Gasteiger partial charge in [-0.3, -0.25) is 5.43 Å². The van der Waals surface area contributed by atoms with Gasteiger partial charge in [0.2, 0.25) is 0 Å². The van der Waals surface area contributed by atoms with E-state index in [0.717, 1.165) is 12.1 Å². The molecule has 8 heteroatoms. The summed E-state index contributed by atoms with van der Waals surface area (Å²) < 4.78 is 37.3. The van der Waals surface area contributed by atoms with Crippen molar-refractivity contribution in [2.75, 3.05) is 5.43 Å². The Morgan fingerprint density at radius 1 is 1.00 bits per heavy atom. The van der Waals surface area contributed by atoms with Crippen molar-refractivity contribution >= 4 is 17.2 Å². The fraction of sp³-hybridized carbons (Fsp3) is 0.0667. The summed E-state index contributed by atoms with van der Waals surface area (Å²) in [5.41, 5.74) is 2.53.